The number of carbonyl (C=O) groups is 1. The number of hydrogen-bond acceptors (Lipinski definition) is 4. The van der Waals surface area contributed by atoms with Crippen molar-refractivity contribution < 1.29 is 4.79 Å². The van der Waals surface area contributed by atoms with Gasteiger partial charge in [-0.25, -0.2) is 4.98 Å². The fourth-order valence-electron chi connectivity index (χ4n) is 1.52. The Labute approximate surface area is 121 Å². The first kappa shape index (κ1) is 14.3. The van der Waals surface area contributed by atoms with Gasteiger partial charge in [-0.1, -0.05) is 49.0 Å². The van der Waals surface area contributed by atoms with Gasteiger partial charge < -0.3 is 5.32 Å². The van der Waals surface area contributed by atoms with E-state index in [0.717, 1.165) is 11.3 Å². The molecule has 0 aliphatic carbocycles. The number of aromatic nitrogens is 3. The molecule has 0 saturated heterocycles. The first-order valence-electron chi connectivity index (χ1n) is 6.33. The van der Waals surface area contributed by atoms with Crippen LogP contribution in [-0.4, -0.2) is 26.8 Å². The van der Waals surface area contributed by atoms with Gasteiger partial charge in [0.2, 0.25) is 11.1 Å². The van der Waals surface area contributed by atoms with E-state index in [4.69, 9.17) is 0 Å². The molecule has 0 fully saturated rings. The highest BCUT2D eigenvalue weighted by Crippen LogP contribution is 2.11. The van der Waals surface area contributed by atoms with Crippen LogP contribution in [0.25, 0.3) is 6.08 Å². The monoisotopic (exact) mass is 288 g/mol. The van der Waals surface area contributed by atoms with E-state index in [1.807, 2.05) is 37.3 Å². The number of benzene rings is 1. The summed E-state index contributed by atoms with van der Waals surface area (Å²) in [5, 5.41) is 10.3. The lowest BCUT2D eigenvalue weighted by Crippen LogP contribution is -2.20. The molecule has 20 heavy (non-hydrogen) atoms. The Morgan fingerprint density at radius 2 is 2.20 bits per heavy atom. The maximum absolute atomic E-state index is 11.7. The van der Waals surface area contributed by atoms with Crippen molar-refractivity contribution in [1.29, 1.82) is 0 Å². The maximum Gasteiger partial charge on any atom is 0.244 e. The van der Waals surface area contributed by atoms with E-state index >= 15 is 0 Å². The molecule has 2 rings (SSSR count). The lowest BCUT2D eigenvalue weighted by molar-refractivity contribution is -0.116. The number of hydrogen-bond donors (Lipinski definition) is 2. The van der Waals surface area contributed by atoms with Crippen molar-refractivity contribution in [1.82, 2.24) is 20.5 Å². The zero-order valence-corrected chi connectivity index (χ0v) is 12.0. The molecular formula is C14H16N4OS. The quantitative estimate of drug-likeness (QED) is 0.632. The fourth-order valence-corrected chi connectivity index (χ4v) is 2.06. The minimum Gasteiger partial charge on any atom is -0.348 e. The Bertz CT molecular complexity index is 580. The average molecular weight is 288 g/mol. The van der Waals surface area contributed by atoms with Crippen molar-refractivity contribution in [2.24, 2.45) is 0 Å². The molecule has 0 aliphatic rings. The molecule has 0 atom stereocenters. The molecule has 0 bridgehead atoms. The van der Waals surface area contributed by atoms with E-state index in [9.17, 15) is 4.79 Å². The molecule has 1 amide bonds. The second kappa shape index (κ2) is 7.49. The van der Waals surface area contributed by atoms with Crippen LogP contribution in [-0.2, 0) is 11.3 Å². The lowest BCUT2D eigenvalue weighted by atomic mass is 10.2. The summed E-state index contributed by atoms with van der Waals surface area (Å²) in [5.41, 5.74) is 1.07. The summed E-state index contributed by atoms with van der Waals surface area (Å²) in [7, 11) is 0. The van der Waals surface area contributed by atoms with Gasteiger partial charge in [0.25, 0.3) is 0 Å². The Balaban J connectivity index is 1.82. The first-order chi connectivity index (χ1) is 9.78. The molecule has 0 aliphatic heterocycles. The average Bonchev–Trinajstić information content (AvgIpc) is 2.92. The fraction of sp³-hybridized carbons (Fsp3) is 0.214. The van der Waals surface area contributed by atoms with Gasteiger partial charge >= 0.3 is 0 Å². The highest BCUT2D eigenvalue weighted by molar-refractivity contribution is 7.99. The lowest BCUT2D eigenvalue weighted by Gasteiger charge is -2.01. The van der Waals surface area contributed by atoms with E-state index in [1.165, 1.54) is 6.08 Å². The zero-order chi connectivity index (χ0) is 14.2. The predicted molar refractivity (Wildman–Crippen MR) is 80.1 cm³/mol. The Kier molecular flexibility index (Phi) is 5.37. The first-order valence-corrected chi connectivity index (χ1v) is 7.31. The second-order valence-corrected chi connectivity index (χ2v) is 5.20. The summed E-state index contributed by atoms with van der Waals surface area (Å²) in [6.45, 7) is 2.55. The number of aromatic amines is 1. The van der Waals surface area contributed by atoms with Crippen LogP contribution in [0.4, 0.5) is 0 Å². The smallest absolute Gasteiger partial charge is 0.244 e. The minimum atomic E-state index is -0.157. The van der Waals surface area contributed by atoms with Crippen LogP contribution in [0.5, 0.6) is 0 Å². The number of rotatable bonds is 6. The molecular weight excluding hydrogens is 272 g/mol. The Morgan fingerprint density at radius 3 is 2.95 bits per heavy atom. The van der Waals surface area contributed by atoms with Crippen LogP contribution >= 0.6 is 11.8 Å². The normalized spacial score (nSPS) is 10.8. The molecule has 6 heteroatoms. The topological polar surface area (TPSA) is 70.7 Å². The van der Waals surface area contributed by atoms with Gasteiger partial charge in [0.1, 0.15) is 5.82 Å². The van der Waals surface area contributed by atoms with Gasteiger partial charge in [-0.05, 0) is 17.4 Å². The minimum absolute atomic E-state index is 0.157. The summed E-state index contributed by atoms with van der Waals surface area (Å²) in [6.07, 6.45) is 3.07. The third kappa shape index (κ3) is 4.55. The summed E-state index contributed by atoms with van der Waals surface area (Å²) in [4.78, 5) is 15.9. The zero-order valence-electron chi connectivity index (χ0n) is 11.2. The Morgan fingerprint density at radius 1 is 1.40 bits per heavy atom. The maximum atomic E-state index is 11.7. The van der Waals surface area contributed by atoms with Crippen LogP contribution in [0.1, 0.15) is 18.3 Å². The number of H-pyrrole nitrogens is 1. The van der Waals surface area contributed by atoms with Crippen LogP contribution in [0.2, 0.25) is 0 Å². The van der Waals surface area contributed by atoms with Gasteiger partial charge in [-0.2, -0.15) is 0 Å². The number of carbonyl (C=O) groups excluding carboxylic acids is 1. The van der Waals surface area contributed by atoms with Gasteiger partial charge in [0, 0.05) is 12.6 Å². The third-order valence-electron chi connectivity index (χ3n) is 2.46. The van der Waals surface area contributed by atoms with Crippen molar-refractivity contribution in [3.05, 3.63) is 47.8 Å². The van der Waals surface area contributed by atoms with E-state index in [0.29, 0.717) is 17.5 Å². The van der Waals surface area contributed by atoms with Crippen molar-refractivity contribution in [2.75, 3.05) is 5.75 Å². The van der Waals surface area contributed by atoms with Crippen molar-refractivity contribution in [3.8, 4) is 0 Å². The largest absolute Gasteiger partial charge is 0.348 e. The summed E-state index contributed by atoms with van der Waals surface area (Å²) >= 11 is 1.55. The molecule has 2 aromatic rings. The predicted octanol–water partition coefficient (Wildman–Crippen LogP) is 2.25. The van der Waals surface area contributed by atoms with Gasteiger partial charge in [-0.15, -0.1) is 5.10 Å². The molecule has 0 saturated carbocycles. The number of thioether (sulfide) groups is 1. The van der Waals surface area contributed by atoms with Crippen molar-refractivity contribution in [2.45, 2.75) is 18.6 Å². The van der Waals surface area contributed by atoms with Crippen molar-refractivity contribution >= 4 is 23.7 Å². The summed E-state index contributed by atoms with van der Waals surface area (Å²) < 4.78 is 0. The van der Waals surface area contributed by atoms with E-state index in [1.54, 1.807) is 17.8 Å². The molecule has 0 radical (unpaired) electrons. The van der Waals surface area contributed by atoms with E-state index < -0.39 is 0 Å². The highest BCUT2D eigenvalue weighted by Gasteiger charge is 2.00. The molecule has 0 unspecified atom stereocenters. The summed E-state index contributed by atoms with van der Waals surface area (Å²) in [5.74, 6) is 1.34. The van der Waals surface area contributed by atoms with Crippen LogP contribution in [0, 0.1) is 0 Å². The molecule has 1 aromatic carbocycles. The molecule has 5 nitrogen and oxygen atoms in total. The number of nitrogens with one attached hydrogen (secondary N) is 2. The van der Waals surface area contributed by atoms with Crippen LogP contribution < -0.4 is 5.32 Å². The number of amides is 1. The van der Waals surface area contributed by atoms with Gasteiger partial charge in [0.15, 0.2) is 0 Å². The van der Waals surface area contributed by atoms with Crippen LogP contribution in [0.3, 0.4) is 0 Å². The third-order valence-corrected chi connectivity index (χ3v) is 3.19. The Hall–Kier alpha value is -2.08. The van der Waals surface area contributed by atoms with E-state index in [-0.39, 0.29) is 5.91 Å². The van der Waals surface area contributed by atoms with Gasteiger partial charge in [-0.3, -0.25) is 9.89 Å². The standard InChI is InChI=1S/C14H16N4OS/c1-2-20-14-16-12(17-18-14)8-9-13(19)15-10-11-6-4-3-5-7-11/h3-9H,2,10H2,1H3,(H,15,19)(H,16,17,18)/b9-8-. The molecule has 1 heterocycles. The molecule has 1 aromatic heterocycles. The highest BCUT2D eigenvalue weighted by atomic mass is 32.2. The van der Waals surface area contributed by atoms with Gasteiger partial charge in [0.05, 0.1) is 0 Å². The van der Waals surface area contributed by atoms with Crippen molar-refractivity contribution in [3.63, 3.8) is 0 Å². The summed E-state index contributed by atoms with van der Waals surface area (Å²) in [6, 6.07) is 9.77. The second-order valence-electron chi connectivity index (χ2n) is 3.97. The SMILES string of the molecule is CCSc1n[nH]c(/C=C\C(=O)NCc2ccccc2)n1. The number of nitrogens with zero attached hydrogens (tertiary/aromatic N) is 2. The molecule has 2 N–H and O–H groups in total. The van der Waals surface area contributed by atoms with Crippen LogP contribution in [0.15, 0.2) is 41.6 Å². The molecule has 0 spiro atoms. The van der Waals surface area contributed by atoms with E-state index in [2.05, 4.69) is 20.5 Å². The molecule has 104 valence electrons.